The van der Waals surface area contributed by atoms with Crippen LogP contribution in [-0.4, -0.2) is 57.5 Å². The number of nitrogens with zero attached hydrogens (tertiary/aromatic N) is 1. The van der Waals surface area contributed by atoms with Crippen LogP contribution < -0.4 is 14.8 Å². The van der Waals surface area contributed by atoms with E-state index < -0.39 is 27.8 Å². The summed E-state index contributed by atoms with van der Waals surface area (Å²) in [5.74, 6) is -0.434. The first-order chi connectivity index (χ1) is 16.4. The maximum absolute atomic E-state index is 13.0. The predicted molar refractivity (Wildman–Crippen MR) is 124 cm³/mol. The number of ether oxygens (including phenoxy) is 3. The number of fused-ring (bicyclic) bond motifs is 1. The summed E-state index contributed by atoms with van der Waals surface area (Å²) in [6, 6.07) is 12.0. The second-order valence-corrected chi connectivity index (χ2v) is 10.1. The largest absolute Gasteiger partial charge is 0.486 e. The standard InChI is InChI=1S/C24H28N2O7S/c1-2-17-4-3-5-19(14-17)25-23(27)16-33-24(28)18-8-10-26(11-9-18)34(29,30)20-6-7-21-22(15-20)32-13-12-31-21/h3-7,14-15,18H,2,8-13,16H2,1H3,(H,25,27). The number of nitrogens with one attached hydrogen (secondary N) is 1. The number of carbonyl (C=O) groups excluding carboxylic acids is 2. The predicted octanol–water partition coefficient (Wildman–Crippen LogP) is 2.60. The molecule has 0 aromatic heterocycles. The van der Waals surface area contributed by atoms with E-state index >= 15 is 0 Å². The van der Waals surface area contributed by atoms with Crippen LogP contribution in [-0.2, 0) is 30.8 Å². The third-order valence-corrected chi connectivity index (χ3v) is 7.80. The third-order valence-electron chi connectivity index (χ3n) is 5.90. The number of anilines is 1. The van der Waals surface area contributed by atoms with E-state index in [9.17, 15) is 18.0 Å². The highest BCUT2D eigenvalue weighted by molar-refractivity contribution is 7.89. The van der Waals surface area contributed by atoms with Gasteiger partial charge < -0.3 is 19.5 Å². The molecule has 2 aromatic carbocycles. The Hall–Kier alpha value is -3.11. The number of piperidine rings is 1. The number of hydrogen-bond donors (Lipinski definition) is 1. The lowest BCUT2D eigenvalue weighted by Gasteiger charge is -2.30. The van der Waals surface area contributed by atoms with Gasteiger partial charge in [0.1, 0.15) is 13.2 Å². The highest BCUT2D eigenvalue weighted by Gasteiger charge is 2.33. The van der Waals surface area contributed by atoms with Crippen molar-refractivity contribution in [1.82, 2.24) is 4.31 Å². The van der Waals surface area contributed by atoms with Crippen molar-refractivity contribution in [1.29, 1.82) is 0 Å². The molecule has 10 heteroatoms. The van der Waals surface area contributed by atoms with Crippen molar-refractivity contribution in [2.24, 2.45) is 5.92 Å². The quantitative estimate of drug-likeness (QED) is 0.597. The first kappa shape index (κ1) is 24.0. The van der Waals surface area contributed by atoms with Crippen LogP contribution in [0.4, 0.5) is 5.69 Å². The van der Waals surface area contributed by atoms with Crippen LogP contribution in [0.5, 0.6) is 11.5 Å². The molecule has 2 aliphatic rings. The lowest BCUT2D eigenvalue weighted by atomic mass is 9.98. The molecule has 0 radical (unpaired) electrons. The molecule has 9 nitrogen and oxygen atoms in total. The van der Waals surface area contributed by atoms with Gasteiger partial charge >= 0.3 is 5.97 Å². The summed E-state index contributed by atoms with van der Waals surface area (Å²) in [6.07, 6.45) is 1.49. The van der Waals surface area contributed by atoms with Gasteiger partial charge in [-0.25, -0.2) is 8.42 Å². The van der Waals surface area contributed by atoms with E-state index in [-0.39, 0.29) is 24.6 Å². The molecule has 0 saturated carbocycles. The minimum absolute atomic E-state index is 0.126. The summed E-state index contributed by atoms with van der Waals surface area (Å²) in [5, 5.41) is 2.72. The number of sulfonamides is 1. The molecule has 0 atom stereocenters. The minimum Gasteiger partial charge on any atom is -0.486 e. The Kier molecular flexibility index (Phi) is 7.38. The lowest BCUT2D eigenvalue weighted by molar-refractivity contribution is -0.152. The van der Waals surface area contributed by atoms with E-state index in [1.807, 2.05) is 25.1 Å². The summed E-state index contributed by atoms with van der Waals surface area (Å²) in [7, 11) is -3.73. The molecule has 4 rings (SSSR count). The molecule has 1 amide bonds. The molecule has 0 unspecified atom stereocenters. The number of esters is 1. The molecule has 182 valence electrons. The lowest BCUT2D eigenvalue weighted by Crippen LogP contribution is -2.41. The second kappa shape index (κ2) is 10.4. The van der Waals surface area contributed by atoms with Crippen LogP contribution in [0.2, 0.25) is 0 Å². The minimum atomic E-state index is -3.73. The van der Waals surface area contributed by atoms with Crippen LogP contribution in [0.15, 0.2) is 47.4 Å². The number of carbonyl (C=O) groups is 2. The molecule has 1 N–H and O–H groups in total. The van der Waals surface area contributed by atoms with Gasteiger partial charge in [-0.05, 0) is 49.1 Å². The fraction of sp³-hybridized carbons (Fsp3) is 0.417. The Balaban J connectivity index is 1.27. The Bertz CT molecular complexity index is 1160. The Labute approximate surface area is 199 Å². The van der Waals surface area contributed by atoms with Crippen LogP contribution in [0.3, 0.4) is 0 Å². The Morgan fingerprint density at radius 3 is 2.53 bits per heavy atom. The topological polar surface area (TPSA) is 111 Å². The van der Waals surface area contributed by atoms with Crippen LogP contribution in [0, 0.1) is 5.92 Å². The SMILES string of the molecule is CCc1cccc(NC(=O)COC(=O)C2CCN(S(=O)(=O)c3ccc4c(c3)OCCO4)CC2)c1. The van der Waals surface area contributed by atoms with Gasteiger partial charge in [0.05, 0.1) is 10.8 Å². The van der Waals surface area contributed by atoms with Crippen molar-refractivity contribution < 1.29 is 32.2 Å². The van der Waals surface area contributed by atoms with Gasteiger partial charge in [-0.2, -0.15) is 4.31 Å². The molecule has 2 heterocycles. The first-order valence-corrected chi connectivity index (χ1v) is 12.8. The zero-order valence-corrected chi connectivity index (χ0v) is 19.8. The van der Waals surface area contributed by atoms with Crippen molar-refractivity contribution >= 4 is 27.6 Å². The molecule has 0 bridgehead atoms. The summed E-state index contributed by atoms with van der Waals surface area (Å²) in [5.41, 5.74) is 1.74. The molecule has 2 aliphatic heterocycles. The summed E-state index contributed by atoms with van der Waals surface area (Å²) in [4.78, 5) is 24.7. The Morgan fingerprint density at radius 1 is 1.06 bits per heavy atom. The van der Waals surface area contributed by atoms with Crippen molar-refractivity contribution in [2.45, 2.75) is 31.1 Å². The number of hydrogen-bond acceptors (Lipinski definition) is 7. The third kappa shape index (κ3) is 5.51. The summed E-state index contributed by atoms with van der Waals surface area (Å²) < 4.78 is 43.6. The fourth-order valence-corrected chi connectivity index (χ4v) is 5.47. The second-order valence-electron chi connectivity index (χ2n) is 8.19. The van der Waals surface area contributed by atoms with Gasteiger partial charge in [0.2, 0.25) is 10.0 Å². The summed E-state index contributed by atoms with van der Waals surface area (Å²) in [6.45, 7) is 2.81. The van der Waals surface area contributed by atoms with Crippen LogP contribution >= 0.6 is 0 Å². The van der Waals surface area contributed by atoms with Gasteiger partial charge in [0.15, 0.2) is 18.1 Å². The number of rotatable bonds is 7. The van der Waals surface area contributed by atoms with Crippen molar-refractivity contribution in [3.8, 4) is 11.5 Å². The van der Waals surface area contributed by atoms with Crippen LogP contribution in [0.25, 0.3) is 0 Å². The van der Waals surface area contributed by atoms with Crippen molar-refractivity contribution in [3.05, 3.63) is 48.0 Å². The number of benzene rings is 2. The van der Waals surface area contributed by atoms with Crippen LogP contribution in [0.1, 0.15) is 25.3 Å². The van der Waals surface area contributed by atoms with Crippen molar-refractivity contribution in [2.75, 3.05) is 38.2 Å². The molecule has 2 aromatic rings. The maximum atomic E-state index is 13.0. The zero-order valence-electron chi connectivity index (χ0n) is 19.0. The van der Waals surface area contributed by atoms with E-state index in [1.54, 1.807) is 12.1 Å². The van der Waals surface area contributed by atoms with Crippen molar-refractivity contribution in [3.63, 3.8) is 0 Å². The number of amides is 1. The summed E-state index contributed by atoms with van der Waals surface area (Å²) >= 11 is 0. The van der Waals surface area contributed by atoms with E-state index in [2.05, 4.69) is 5.32 Å². The smallest absolute Gasteiger partial charge is 0.309 e. The highest BCUT2D eigenvalue weighted by atomic mass is 32.2. The average molecular weight is 489 g/mol. The van der Waals surface area contributed by atoms with E-state index in [1.165, 1.54) is 16.4 Å². The molecular formula is C24H28N2O7S. The van der Waals surface area contributed by atoms with Gasteiger partial charge in [-0.1, -0.05) is 19.1 Å². The van der Waals surface area contributed by atoms with Gasteiger partial charge in [-0.3, -0.25) is 9.59 Å². The van der Waals surface area contributed by atoms with E-state index in [0.29, 0.717) is 43.2 Å². The molecule has 0 aliphatic carbocycles. The average Bonchev–Trinajstić information content (AvgIpc) is 2.87. The van der Waals surface area contributed by atoms with E-state index in [0.717, 1.165) is 12.0 Å². The molecular weight excluding hydrogens is 460 g/mol. The monoisotopic (exact) mass is 488 g/mol. The van der Waals surface area contributed by atoms with Gasteiger partial charge in [-0.15, -0.1) is 0 Å². The Morgan fingerprint density at radius 2 is 1.79 bits per heavy atom. The van der Waals surface area contributed by atoms with E-state index in [4.69, 9.17) is 14.2 Å². The molecule has 34 heavy (non-hydrogen) atoms. The molecule has 1 saturated heterocycles. The normalized spacial score (nSPS) is 16.6. The number of aryl methyl sites for hydroxylation is 1. The first-order valence-electron chi connectivity index (χ1n) is 11.3. The zero-order chi connectivity index (χ0) is 24.1. The fourth-order valence-electron chi connectivity index (χ4n) is 3.99. The van der Waals surface area contributed by atoms with Gasteiger partial charge in [0, 0.05) is 24.8 Å². The van der Waals surface area contributed by atoms with Gasteiger partial charge in [0.25, 0.3) is 5.91 Å². The highest BCUT2D eigenvalue weighted by Crippen LogP contribution is 2.34. The molecule has 0 spiro atoms. The maximum Gasteiger partial charge on any atom is 0.309 e. The molecule has 1 fully saturated rings.